The van der Waals surface area contributed by atoms with E-state index in [0.29, 0.717) is 6.54 Å². The van der Waals surface area contributed by atoms with E-state index in [1.54, 1.807) is 18.4 Å². The van der Waals surface area contributed by atoms with E-state index in [1.165, 1.54) is 12.1 Å². The number of rotatable bonds is 5. The van der Waals surface area contributed by atoms with Crippen molar-refractivity contribution in [3.63, 3.8) is 0 Å². The van der Waals surface area contributed by atoms with Crippen LogP contribution in [0.25, 0.3) is 0 Å². The van der Waals surface area contributed by atoms with Gasteiger partial charge in [0.2, 0.25) is 0 Å². The Kier molecular flexibility index (Phi) is 4.77. The lowest BCUT2D eigenvalue weighted by Crippen LogP contribution is -2.17. The van der Waals surface area contributed by atoms with Gasteiger partial charge in [-0.1, -0.05) is 12.1 Å². The second-order valence-electron chi connectivity index (χ2n) is 4.31. The molecule has 1 aromatic heterocycles. The summed E-state index contributed by atoms with van der Waals surface area (Å²) in [6.07, 6.45) is 1.61. The van der Waals surface area contributed by atoms with Gasteiger partial charge in [0.25, 0.3) is 0 Å². The first kappa shape index (κ1) is 15.0. The highest BCUT2D eigenvalue weighted by Crippen LogP contribution is 2.36. The van der Waals surface area contributed by atoms with Crippen LogP contribution >= 0.6 is 11.8 Å². The number of halogens is 3. The van der Waals surface area contributed by atoms with Crippen molar-refractivity contribution in [2.24, 2.45) is 0 Å². The average Bonchev–Trinajstić information content (AvgIpc) is 2.89. The van der Waals surface area contributed by atoms with Gasteiger partial charge in [-0.2, -0.15) is 13.2 Å². The Morgan fingerprint density at radius 2 is 1.90 bits per heavy atom. The van der Waals surface area contributed by atoms with Gasteiger partial charge in [0, 0.05) is 11.4 Å². The van der Waals surface area contributed by atoms with Crippen molar-refractivity contribution >= 4 is 11.8 Å². The van der Waals surface area contributed by atoms with Gasteiger partial charge in [-0.25, -0.2) is 0 Å². The summed E-state index contributed by atoms with van der Waals surface area (Å²) in [7, 11) is 0. The van der Waals surface area contributed by atoms with E-state index in [1.807, 2.05) is 19.1 Å². The number of hydrogen-bond acceptors (Lipinski definition) is 3. The number of furan rings is 1. The van der Waals surface area contributed by atoms with Gasteiger partial charge in [0.05, 0.1) is 12.3 Å². The molecule has 0 bridgehead atoms. The summed E-state index contributed by atoms with van der Waals surface area (Å²) in [6, 6.07) is 10.1. The topological polar surface area (TPSA) is 25.2 Å². The highest BCUT2D eigenvalue weighted by molar-refractivity contribution is 8.00. The Morgan fingerprint density at radius 3 is 2.45 bits per heavy atom. The van der Waals surface area contributed by atoms with E-state index in [0.717, 1.165) is 11.3 Å². The summed E-state index contributed by atoms with van der Waals surface area (Å²) >= 11 is -0.104. The van der Waals surface area contributed by atoms with Crippen molar-refractivity contribution in [2.75, 3.05) is 0 Å². The molecule has 2 nitrogen and oxygen atoms in total. The lowest BCUT2D eigenvalue weighted by Gasteiger charge is -2.12. The predicted octanol–water partition coefficient (Wildman–Crippen LogP) is 4.74. The first-order valence-corrected chi connectivity index (χ1v) is 6.87. The van der Waals surface area contributed by atoms with E-state index >= 15 is 0 Å². The first-order chi connectivity index (χ1) is 9.44. The first-order valence-electron chi connectivity index (χ1n) is 6.05. The summed E-state index contributed by atoms with van der Waals surface area (Å²) in [6.45, 7) is 2.53. The summed E-state index contributed by atoms with van der Waals surface area (Å²) in [5, 5.41) is 3.25. The summed E-state index contributed by atoms with van der Waals surface area (Å²) < 4.78 is 41.8. The number of hydrogen-bond donors (Lipinski definition) is 1. The maximum absolute atomic E-state index is 12.2. The minimum Gasteiger partial charge on any atom is -0.468 e. The van der Waals surface area contributed by atoms with Crippen LogP contribution in [0.2, 0.25) is 0 Å². The van der Waals surface area contributed by atoms with Gasteiger partial charge >= 0.3 is 5.51 Å². The van der Waals surface area contributed by atoms with Crippen molar-refractivity contribution in [3.8, 4) is 0 Å². The molecule has 1 heterocycles. The molecule has 108 valence electrons. The van der Waals surface area contributed by atoms with Crippen LogP contribution in [0.4, 0.5) is 13.2 Å². The Balaban J connectivity index is 1.88. The van der Waals surface area contributed by atoms with Gasteiger partial charge in [-0.05, 0) is 48.5 Å². The van der Waals surface area contributed by atoms with Crippen molar-refractivity contribution in [1.82, 2.24) is 5.32 Å². The van der Waals surface area contributed by atoms with E-state index in [-0.39, 0.29) is 22.7 Å². The molecule has 0 spiro atoms. The average molecular weight is 301 g/mol. The summed E-state index contributed by atoms with van der Waals surface area (Å²) in [5.74, 6) is 0.828. The van der Waals surface area contributed by atoms with Crippen molar-refractivity contribution in [3.05, 3.63) is 54.0 Å². The second kappa shape index (κ2) is 6.37. The molecule has 1 aromatic carbocycles. The molecule has 1 atom stereocenters. The van der Waals surface area contributed by atoms with Crippen LogP contribution in [0, 0.1) is 0 Å². The standard InChI is InChI=1S/C14H14F3NOS/c1-10(13-3-2-8-19-13)18-9-11-4-6-12(7-5-11)20-14(15,16)17/h2-8,10,18H,9H2,1H3. The Bertz CT molecular complexity index is 522. The van der Waals surface area contributed by atoms with E-state index in [2.05, 4.69) is 5.32 Å². The minimum absolute atomic E-state index is 0.0502. The zero-order valence-corrected chi connectivity index (χ0v) is 11.6. The van der Waals surface area contributed by atoms with Gasteiger partial charge < -0.3 is 9.73 Å². The zero-order chi connectivity index (χ0) is 14.6. The fourth-order valence-corrected chi connectivity index (χ4v) is 2.26. The molecule has 6 heteroatoms. The Hall–Kier alpha value is -1.40. The van der Waals surface area contributed by atoms with Gasteiger partial charge in [0.1, 0.15) is 5.76 Å². The molecule has 0 aliphatic heterocycles. The van der Waals surface area contributed by atoms with Crippen molar-refractivity contribution in [2.45, 2.75) is 29.9 Å². The highest BCUT2D eigenvalue weighted by Gasteiger charge is 2.28. The molecule has 0 fully saturated rings. The van der Waals surface area contributed by atoms with Crippen LogP contribution in [-0.4, -0.2) is 5.51 Å². The molecular weight excluding hydrogens is 287 g/mol. The smallest absolute Gasteiger partial charge is 0.446 e. The van der Waals surface area contributed by atoms with Crippen LogP contribution < -0.4 is 5.32 Å². The molecular formula is C14H14F3NOS. The third kappa shape index (κ3) is 4.61. The van der Waals surface area contributed by atoms with Crippen LogP contribution in [0.1, 0.15) is 24.3 Å². The number of alkyl halides is 3. The Morgan fingerprint density at radius 1 is 1.20 bits per heavy atom. The molecule has 1 N–H and O–H groups in total. The summed E-state index contributed by atoms with van der Waals surface area (Å²) in [4.78, 5) is 0.195. The van der Waals surface area contributed by atoms with Crippen LogP contribution in [0.15, 0.2) is 52.0 Å². The third-order valence-electron chi connectivity index (χ3n) is 2.74. The largest absolute Gasteiger partial charge is 0.468 e. The second-order valence-corrected chi connectivity index (χ2v) is 5.45. The quantitative estimate of drug-likeness (QED) is 0.807. The molecule has 0 aliphatic carbocycles. The highest BCUT2D eigenvalue weighted by atomic mass is 32.2. The lowest BCUT2D eigenvalue weighted by atomic mass is 10.2. The SMILES string of the molecule is CC(NCc1ccc(SC(F)(F)F)cc1)c1ccco1. The van der Waals surface area contributed by atoms with E-state index < -0.39 is 5.51 Å². The fraction of sp³-hybridized carbons (Fsp3) is 0.286. The normalized spacial score (nSPS) is 13.4. The van der Waals surface area contributed by atoms with Crippen molar-refractivity contribution < 1.29 is 17.6 Å². The van der Waals surface area contributed by atoms with Crippen LogP contribution in [-0.2, 0) is 6.54 Å². The minimum atomic E-state index is -4.24. The molecule has 1 unspecified atom stereocenters. The van der Waals surface area contributed by atoms with Gasteiger partial charge in [0.15, 0.2) is 0 Å². The van der Waals surface area contributed by atoms with E-state index in [4.69, 9.17) is 4.42 Å². The van der Waals surface area contributed by atoms with E-state index in [9.17, 15) is 13.2 Å². The molecule has 0 amide bonds. The third-order valence-corrected chi connectivity index (χ3v) is 3.48. The Labute approximate surface area is 119 Å². The van der Waals surface area contributed by atoms with Gasteiger partial charge in [-0.3, -0.25) is 0 Å². The molecule has 0 radical (unpaired) electrons. The number of thioether (sulfide) groups is 1. The molecule has 0 saturated heterocycles. The molecule has 20 heavy (non-hydrogen) atoms. The lowest BCUT2D eigenvalue weighted by molar-refractivity contribution is -0.0328. The maximum Gasteiger partial charge on any atom is 0.446 e. The van der Waals surface area contributed by atoms with Gasteiger partial charge in [-0.15, -0.1) is 0 Å². The predicted molar refractivity (Wildman–Crippen MR) is 72.3 cm³/mol. The number of benzene rings is 1. The van der Waals surface area contributed by atoms with Crippen LogP contribution in [0.5, 0.6) is 0 Å². The summed E-state index contributed by atoms with van der Waals surface area (Å²) in [5.41, 5.74) is -3.32. The molecule has 2 aromatic rings. The molecule has 2 rings (SSSR count). The maximum atomic E-state index is 12.2. The van der Waals surface area contributed by atoms with Crippen molar-refractivity contribution in [1.29, 1.82) is 0 Å². The molecule has 0 saturated carbocycles. The monoisotopic (exact) mass is 301 g/mol. The zero-order valence-electron chi connectivity index (χ0n) is 10.8. The number of nitrogens with one attached hydrogen (secondary N) is 1. The van der Waals surface area contributed by atoms with Crippen LogP contribution in [0.3, 0.4) is 0 Å². The molecule has 0 aliphatic rings. The fourth-order valence-electron chi connectivity index (χ4n) is 1.72.